The number of fused-ring (bicyclic) bond motifs is 1. The van der Waals surface area contributed by atoms with Gasteiger partial charge in [0.05, 0.1) is 17.9 Å². The molecule has 1 aliphatic rings. The minimum Gasteiger partial charge on any atom is -0.394 e. The molecular formula is C17H16F3N5. The molecule has 0 amide bonds. The molecule has 1 saturated heterocycles. The van der Waals surface area contributed by atoms with E-state index in [2.05, 4.69) is 10.1 Å². The molecule has 3 heterocycles. The van der Waals surface area contributed by atoms with Crippen LogP contribution in [0.5, 0.6) is 0 Å². The summed E-state index contributed by atoms with van der Waals surface area (Å²) in [4.78, 5) is 6.43. The number of rotatable bonds is 3. The van der Waals surface area contributed by atoms with E-state index in [1.165, 1.54) is 12.3 Å². The quantitative estimate of drug-likeness (QED) is 0.784. The fourth-order valence-electron chi connectivity index (χ4n) is 3.43. The molecule has 25 heavy (non-hydrogen) atoms. The highest BCUT2D eigenvalue weighted by molar-refractivity contribution is 5.65. The molecule has 0 unspecified atom stereocenters. The average Bonchev–Trinajstić information content (AvgIpc) is 3.21. The van der Waals surface area contributed by atoms with Crippen LogP contribution >= 0.6 is 0 Å². The standard InChI is InChI=1S/C17H16F3N5/c18-10-3-4-11(16(19)20)12(8-10)14-2-1-6-24(14)15-5-7-25-17(23-15)13(21)9-22-25/h3-5,7-9,14,16H,1-2,6,21H2/t14-/m1/s1. The van der Waals surface area contributed by atoms with Gasteiger partial charge in [0.2, 0.25) is 0 Å². The van der Waals surface area contributed by atoms with E-state index >= 15 is 0 Å². The summed E-state index contributed by atoms with van der Waals surface area (Å²) in [5, 5.41) is 4.07. The van der Waals surface area contributed by atoms with Gasteiger partial charge in [0, 0.05) is 18.3 Å². The average molecular weight is 347 g/mol. The van der Waals surface area contributed by atoms with E-state index in [-0.39, 0.29) is 11.6 Å². The van der Waals surface area contributed by atoms with E-state index in [9.17, 15) is 13.2 Å². The summed E-state index contributed by atoms with van der Waals surface area (Å²) < 4.78 is 42.0. The predicted octanol–water partition coefficient (Wildman–Crippen LogP) is 3.73. The van der Waals surface area contributed by atoms with Gasteiger partial charge in [-0.15, -0.1) is 0 Å². The molecule has 8 heteroatoms. The van der Waals surface area contributed by atoms with E-state index in [4.69, 9.17) is 5.73 Å². The predicted molar refractivity (Wildman–Crippen MR) is 88.1 cm³/mol. The Kier molecular flexibility index (Phi) is 3.74. The Hall–Kier alpha value is -2.77. The maximum Gasteiger partial charge on any atom is 0.264 e. The smallest absolute Gasteiger partial charge is 0.264 e. The molecule has 0 saturated carbocycles. The fraction of sp³-hybridized carbons (Fsp3) is 0.294. The van der Waals surface area contributed by atoms with Crippen molar-refractivity contribution in [2.75, 3.05) is 17.2 Å². The second kappa shape index (κ2) is 5.94. The molecule has 0 aliphatic carbocycles. The second-order valence-electron chi connectivity index (χ2n) is 6.08. The first kappa shape index (κ1) is 15.7. The second-order valence-corrected chi connectivity index (χ2v) is 6.08. The summed E-state index contributed by atoms with van der Waals surface area (Å²) in [5.74, 6) is 0.0985. The maximum atomic E-state index is 13.7. The van der Waals surface area contributed by atoms with Gasteiger partial charge < -0.3 is 10.6 Å². The van der Waals surface area contributed by atoms with Crippen LogP contribution in [0.15, 0.2) is 36.7 Å². The van der Waals surface area contributed by atoms with E-state index in [0.717, 1.165) is 18.6 Å². The van der Waals surface area contributed by atoms with Gasteiger partial charge in [-0.05, 0) is 36.6 Å². The highest BCUT2D eigenvalue weighted by Gasteiger charge is 2.31. The Morgan fingerprint density at radius 1 is 1.24 bits per heavy atom. The Morgan fingerprint density at radius 3 is 2.88 bits per heavy atom. The molecule has 1 aromatic carbocycles. The van der Waals surface area contributed by atoms with Crippen molar-refractivity contribution < 1.29 is 13.2 Å². The molecule has 130 valence electrons. The number of nitrogen functional groups attached to an aromatic ring is 1. The SMILES string of the molecule is Nc1cnn2ccc(N3CCC[C@@H]3c3cc(F)ccc3C(F)F)nc12. The van der Waals surface area contributed by atoms with Crippen molar-refractivity contribution in [1.29, 1.82) is 0 Å². The number of aromatic nitrogens is 3. The Labute approximate surface area is 141 Å². The lowest BCUT2D eigenvalue weighted by Crippen LogP contribution is -2.25. The molecular weight excluding hydrogens is 331 g/mol. The minimum atomic E-state index is -2.65. The first-order valence-corrected chi connectivity index (χ1v) is 7.98. The molecule has 1 atom stereocenters. The topological polar surface area (TPSA) is 59.4 Å². The Balaban J connectivity index is 1.77. The zero-order valence-electron chi connectivity index (χ0n) is 13.2. The summed E-state index contributed by atoms with van der Waals surface area (Å²) in [6.45, 7) is 0.654. The summed E-state index contributed by atoms with van der Waals surface area (Å²) in [6, 6.07) is 4.85. The Bertz CT molecular complexity index is 924. The van der Waals surface area contributed by atoms with Crippen molar-refractivity contribution >= 4 is 17.2 Å². The summed E-state index contributed by atoms with van der Waals surface area (Å²) in [5.41, 5.74) is 6.99. The van der Waals surface area contributed by atoms with Crippen LogP contribution in [-0.2, 0) is 0 Å². The number of hydrogen-bond donors (Lipinski definition) is 1. The van der Waals surface area contributed by atoms with Crippen LogP contribution in [0.1, 0.15) is 36.4 Å². The van der Waals surface area contributed by atoms with E-state index < -0.39 is 12.2 Å². The molecule has 3 aromatic rings. The third-order valence-corrected chi connectivity index (χ3v) is 4.57. The Morgan fingerprint density at radius 2 is 2.08 bits per heavy atom. The number of benzene rings is 1. The van der Waals surface area contributed by atoms with E-state index in [1.807, 2.05) is 4.90 Å². The molecule has 1 aliphatic heterocycles. The van der Waals surface area contributed by atoms with Crippen LogP contribution in [0.25, 0.3) is 5.65 Å². The lowest BCUT2D eigenvalue weighted by Gasteiger charge is -2.27. The van der Waals surface area contributed by atoms with E-state index in [1.54, 1.807) is 16.8 Å². The molecule has 2 aromatic heterocycles. The molecule has 0 radical (unpaired) electrons. The number of nitrogens with zero attached hydrogens (tertiary/aromatic N) is 4. The van der Waals surface area contributed by atoms with Crippen molar-refractivity contribution in [3.63, 3.8) is 0 Å². The van der Waals surface area contributed by atoms with Gasteiger partial charge in [-0.2, -0.15) is 5.10 Å². The largest absolute Gasteiger partial charge is 0.394 e. The van der Waals surface area contributed by atoms with Crippen molar-refractivity contribution in [3.8, 4) is 0 Å². The van der Waals surface area contributed by atoms with Gasteiger partial charge in [0.1, 0.15) is 11.6 Å². The van der Waals surface area contributed by atoms with Gasteiger partial charge >= 0.3 is 0 Å². The lowest BCUT2D eigenvalue weighted by molar-refractivity contribution is 0.149. The van der Waals surface area contributed by atoms with Crippen molar-refractivity contribution in [3.05, 3.63) is 53.6 Å². The van der Waals surface area contributed by atoms with Crippen LogP contribution in [0, 0.1) is 5.82 Å². The number of alkyl halides is 2. The number of anilines is 2. The van der Waals surface area contributed by atoms with E-state index in [0.29, 0.717) is 35.7 Å². The van der Waals surface area contributed by atoms with Crippen LogP contribution in [0.4, 0.5) is 24.7 Å². The maximum absolute atomic E-state index is 13.7. The zero-order valence-corrected chi connectivity index (χ0v) is 13.2. The van der Waals surface area contributed by atoms with Crippen LogP contribution in [-0.4, -0.2) is 21.1 Å². The van der Waals surface area contributed by atoms with Gasteiger partial charge in [-0.1, -0.05) is 6.07 Å². The van der Waals surface area contributed by atoms with Crippen LogP contribution in [0.3, 0.4) is 0 Å². The molecule has 2 N–H and O–H groups in total. The lowest BCUT2D eigenvalue weighted by atomic mass is 9.98. The molecule has 4 rings (SSSR count). The van der Waals surface area contributed by atoms with Crippen molar-refractivity contribution in [1.82, 2.24) is 14.6 Å². The number of hydrogen-bond acceptors (Lipinski definition) is 4. The monoisotopic (exact) mass is 347 g/mol. The van der Waals surface area contributed by atoms with Crippen molar-refractivity contribution in [2.45, 2.75) is 25.3 Å². The molecule has 0 spiro atoms. The summed E-state index contributed by atoms with van der Waals surface area (Å²) in [6.07, 6.45) is 2.05. The van der Waals surface area contributed by atoms with Crippen LogP contribution in [0.2, 0.25) is 0 Å². The third kappa shape index (κ3) is 2.67. The normalized spacial score (nSPS) is 17.8. The number of halogens is 3. The third-order valence-electron chi connectivity index (χ3n) is 4.57. The van der Waals surface area contributed by atoms with Gasteiger partial charge in [0.15, 0.2) is 5.65 Å². The van der Waals surface area contributed by atoms with Crippen molar-refractivity contribution in [2.24, 2.45) is 0 Å². The van der Waals surface area contributed by atoms with Gasteiger partial charge in [0.25, 0.3) is 6.43 Å². The highest BCUT2D eigenvalue weighted by atomic mass is 19.3. The highest BCUT2D eigenvalue weighted by Crippen LogP contribution is 2.39. The first-order chi connectivity index (χ1) is 12.0. The summed E-state index contributed by atoms with van der Waals surface area (Å²) in [7, 11) is 0. The van der Waals surface area contributed by atoms with Crippen LogP contribution < -0.4 is 10.6 Å². The zero-order chi connectivity index (χ0) is 17.6. The van der Waals surface area contributed by atoms with Gasteiger partial charge in [-0.25, -0.2) is 22.7 Å². The molecule has 5 nitrogen and oxygen atoms in total. The summed E-state index contributed by atoms with van der Waals surface area (Å²) >= 11 is 0. The number of nitrogens with two attached hydrogens (primary N) is 1. The van der Waals surface area contributed by atoms with Gasteiger partial charge in [-0.3, -0.25) is 0 Å². The minimum absolute atomic E-state index is 0.136. The molecule has 0 bridgehead atoms. The first-order valence-electron chi connectivity index (χ1n) is 7.98. The fourth-order valence-corrected chi connectivity index (χ4v) is 3.43. The molecule has 1 fully saturated rings.